The van der Waals surface area contributed by atoms with Crippen molar-refractivity contribution in [1.29, 1.82) is 0 Å². The molecule has 2 fully saturated rings. The maximum Gasteiger partial charge on any atom is -0.0124 e. The quantitative estimate of drug-likeness (QED) is 0.470. The van der Waals surface area contributed by atoms with Crippen LogP contribution in [0.15, 0.2) is 35.9 Å². The Morgan fingerprint density at radius 1 is 0.704 bits per heavy atom. The van der Waals surface area contributed by atoms with Crippen LogP contribution in [0.3, 0.4) is 0 Å². The van der Waals surface area contributed by atoms with Crippen LogP contribution in [0.5, 0.6) is 0 Å². The molecule has 3 aliphatic rings. The van der Waals surface area contributed by atoms with Gasteiger partial charge >= 0.3 is 0 Å². The van der Waals surface area contributed by atoms with Gasteiger partial charge in [-0.15, -0.1) is 0 Å². The molecule has 0 heteroatoms. The van der Waals surface area contributed by atoms with Crippen molar-refractivity contribution < 1.29 is 0 Å². The van der Waals surface area contributed by atoms with Crippen LogP contribution in [0.4, 0.5) is 0 Å². The average Bonchev–Trinajstić information content (AvgIpc) is 2.75. The topological polar surface area (TPSA) is 0 Å². The van der Waals surface area contributed by atoms with Crippen LogP contribution in [0.1, 0.15) is 114 Å². The normalized spacial score (nSPS) is 34.9. The molecule has 1 unspecified atom stereocenters. The molecule has 0 heterocycles. The van der Waals surface area contributed by atoms with Crippen molar-refractivity contribution in [3.63, 3.8) is 0 Å². The molecule has 3 aliphatic carbocycles. The summed E-state index contributed by atoms with van der Waals surface area (Å²) in [5.74, 6) is 4.47. The Balaban J connectivity index is 1.32. The van der Waals surface area contributed by atoms with E-state index in [1.54, 1.807) is 11.1 Å². The maximum atomic E-state index is 2.63. The lowest BCUT2D eigenvalue weighted by Crippen LogP contribution is -2.17. The number of benzene rings is 1. The number of rotatable bonds is 4. The highest BCUT2D eigenvalue weighted by Crippen LogP contribution is 2.41. The van der Waals surface area contributed by atoms with E-state index in [4.69, 9.17) is 0 Å². The SMILES string of the molecule is CCC1CCC(c2ccc(C3CC=C(C4CCC(C)CC4)CC3)cc2)CC1. The minimum absolute atomic E-state index is 0.765. The third-order valence-corrected chi connectivity index (χ3v) is 8.29. The van der Waals surface area contributed by atoms with E-state index in [1.165, 1.54) is 77.0 Å². The Morgan fingerprint density at radius 3 is 1.85 bits per heavy atom. The van der Waals surface area contributed by atoms with E-state index in [9.17, 15) is 0 Å². The predicted molar refractivity (Wildman–Crippen MR) is 117 cm³/mol. The molecule has 0 spiro atoms. The Hall–Kier alpha value is -1.04. The lowest BCUT2D eigenvalue weighted by molar-refractivity contribution is 0.310. The Kier molecular flexibility index (Phi) is 6.41. The third kappa shape index (κ3) is 4.69. The van der Waals surface area contributed by atoms with Crippen LogP contribution in [-0.2, 0) is 0 Å². The van der Waals surface area contributed by atoms with E-state index >= 15 is 0 Å². The van der Waals surface area contributed by atoms with Crippen molar-refractivity contribution in [2.45, 2.75) is 103 Å². The first-order valence-electron chi connectivity index (χ1n) is 12.0. The summed E-state index contributed by atoms with van der Waals surface area (Å²) < 4.78 is 0. The smallest absolute Gasteiger partial charge is 0.0124 e. The molecule has 148 valence electrons. The monoisotopic (exact) mass is 364 g/mol. The van der Waals surface area contributed by atoms with Gasteiger partial charge in [-0.3, -0.25) is 0 Å². The molecular formula is C27H40. The predicted octanol–water partition coefficient (Wildman–Crippen LogP) is 8.39. The largest absolute Gasteiger partial charge is 0.0844 e. The highest BCUT2D eigenvalue weighted by atomic mass is 14.3. The highest BCUT2D eigenvalue weighted by Gasteiger charge is 2.25. The van der Waals surface area contributed by atoms with E-state index in [1.807, 2.05) is 5.57 Å². The summed E-state index contributed by atoms with van der Waals surface area (Å²) in [7, 11) is 0. The first-order valence-corrected chi connectivity index (χ1v) is 12.0. The molecule has 0 N–H and O–H groups in total. The van der Waals surface area contributed by atoms with Gasteiger partial charge in [0.1, 0.15) is 0 Å². The minimum atomic E-state index is 0.765. The van der Waals surface area contributed by atoms with Crippen molar-refractivity contribution in [3.05, 3.63) is 47.0 Å². The fraction of sp³-hybridized carbons (Fsp3) is 0.704. The maximum absolute atomic E-state index is 2.63. The molecule has 0 amide bonds. The molecule has 27 heavy (non-hydrogen) atoms. The first-order chi connectivity index (χ1) is 13.2. The molecule has 0 nitrogen and oxygen atoms in total. The minimum Gasteiger partial charge on any atom is -0.0844 e. The molecule has 1 atom stereocenters. The van der Waals surface area contributed by atoms with Crippen molar-refractivity contribution >= 4 is 0 Å². The van der Waals surface area contributed by atoms with Gasteiger partial charge in [0.05, 0.1) is 0 Å². The standard InChI is InChI=1S/C27H40/c1-3-21-6-10-23(11-7-21)25-14-18-27(19-15-25)26-16-12-24(13-17-26)22-8-4-20(2)5-9-22/h12,14-15,18-23,26H,3-11,13,16-17H2,1-2H3. The van der Waals surface area contributed by atoms with E-state index in [2.05, 4.69) is 44.2 Å². The van der Waals surface area contributed by atoms with E-state index < -0.39 is 0 Å². The Labute approximate surface area is 167 Å². The second-order valence-electron chi connectivity index (χ2n) is 10.00. The summed E-state index contributed by atoms with van der Waals surface area (Å²) in [5.41, 5.74) is 5.01. The van der Waals surface area contributed by atoms with E-state index in [0.717, 1.165) is 29.6 Å². The van der Waals surface area contributed by atoms with E-state index in [0.29, 0.717) is 0 Å². The molecule has 4 rings (SSSR count). The van der Waals surface area contributed by atoms with Gasteiger partial charge in [0.2, 0.25) is 0 Å². The van der Waals surface area contributed by atoms with Crippen molar-refractivity contribution in [3.8, 4) is 0 Å². The fourth-order valence-electron chi connectivity index (χ4n) is 6.10. The molecule has 1 aromatic rings. The molecule has 0 saturated heterocycles. The second kappa shape index (κ2) is 8.97. The number of allylic oxidation sites excluding steroid dienone is 2. The zero-order valence-corrected chi connectivity index (χ0v) is 17.8. The summed E-state index contributed by atoms with van der Waals surface area (Å²) in [5, 5.41) is 0. The van der Waals surface area contributed by atoms with Gasteiger partial charge < -0.3 is 0 Å². The lowest BCUT2D eigenvalue weighted by atomic mass is 9.74. The fourth-order valence-corrected chi connectivity index (χ4v) is 6.10. The van der Waals surface area contributed by atoms with Gasteiger partial charge in [0, 0.05) is 0 Å². The third-order valence-electron chi connectivity index (χ3n) is 8.29. The summed E-state index contributed by atoms with van der Waals surface area (Å²) in [4.78, 5) is 0. The van der Waals surface area contributed by atoms with Crippen LogP contribution in [0, 0.1) is 17.8 Å². The summed E-state index contributed by atoms with van der Waals surface area (Å²) in [6, 6.07) is 9.86. The Morgan fingerprint density at radius 2 is 1.30 bits per heavy atom. The van der Waals surface area contributed by atoms with Gasteiger partial charge in [-0.05, 0) is 98.5 Å². The number of hydrogen-bond acceptors (Lipinski definition) is 0. The van der Waals surface area contributed by atoms with Crippen LogP contribution >= 0.6 is 0 Å². The zero-order valence-electron chi connectivity index (χ0n) is 17.8. The molecule has 0 bridgehead atoms. The van der Waals surface area contributed by atoms with Crippen LogP contribution in [0.25, 0.3) is 0 Å². The van der Waals surface area contributed by atoms with Crippen molar-refractivity contribution in [2.75, 3.05) is 0 Å². The van der Waals surface area contributed by atoms with Crippen LogP contribution in [0.2, 0.25) is 0 Å². The molecule has 2 saturated carbocycles. The Bertz CT molecular complexity index is 606. The zero-order chi connectivity index (χ0) is 18.6. The van der Waals surface area contributed by atoms with Gasteiger partial charge in [-0.2, -0.15) is 0 Å². The summed E-state index contributed by atoms with van der Waals surface area (Å²) in [6.45, 7) is 4.79. The second-order valence-corrected chi connectivity index (χ2v) is 10.00. The highest BCUT2D eigenvalue weighted by molar-refractivity contribution is 5.30. The average molecular weight is 365 g/mol. The number of hydrogen-bond donors (Lipinski definition) is 0. The van der Waals surface area contributed by atoms with Gasteiger partial charge in [0.25, 0.3) is 0 Å². The van der Waals surface area contributed by atoms with Crippen LogP contribution in [-0.4, -0.2) is 0 Å². The van der Waals surface area contributed by atoms with Gasteiger partial charge in [-0.25, -0.2) is 0 Å². The molecule has 0 aromatic heterocycles. The molecule has 1 aromatic carbocycles. The van der Waals surface area contributed by atoms with Gasteiger partial charge in [0.15, 0.2) is 0 Å². The van der Waals surface area contributed by atoms with Crippen LogP contribution < -0.4 is 0 Å². The van der Waals surface area contributed by atoms with Crippen molar-refractivity contribution in [2.24, 2.45) is 17.8 Å². The van der Waals surface area contributed by atoms with E-state index in [-0.39, 0.29) is 0 Å². The molecular weight excluding hydrogens is 324 g/mol. The molecule has 0 aliphatic heterocycles. The van der Waals surface area contributed by atoms with Gasteiger partial charge in [-0.1, -0.05) is 69.0 Å². The summed E-state index contributed by atoms with van der Waals surface area (Å²) >= 11 is 0. The summed E-state index contributed by atoms with van der Waals surface area (Å²) in [6.07, 6.45) is 19.5. The van der Waals surface area contributed by atoms with Crippen molar-refractivity contribution in [1.82, 2.24) is 0 Å². The molecule has 0 radical (unpaired) electrons. The lowest BCUT2D eigenvalue weighted by Gasteiger charge is -2.32. The first kappa shape index (κ1) is 19.3.